The zero-order valence-electron chi connectivity index (χ0n) is 4.45. The van der Waals surface area contributed by atoms with Crippen LogP contribution < -0.4 is 0 Å². The summed E-state index contributed by atoms with van der Waals surface area (Å²) in [6.07, 6.45) is 1.47. The second kappa shape index (κ2) is 2.42. The van der Waals surface area contributed by atoms with Crippen LogP contribution in [0, 0.1) is 5.39 Å². The average Bonchev–Trinajstić information content (AvgIpc) is 1.88. The van der Waals surface area contributed by atoms with Gasteiger partial charge in [0.15, 0.2) is 4.98 Å². The molecule has 0 spiro atoms. The van der Waals surface area contributed by atoms with E-state index in [-0.39, 0.29) is 0 Å². The average molecular weight is 141 g/mol. The van der Waals surface area contributed by atoms with Crippen molar-refractivity contribution in [1.29, 1.82) is 5.39 Å². The Morgan fingerprint density at radius 3 is 2.89 bits per heavy atom. The predicted octanol–water partition coefficient (Wildman–Crippen LogP) is 2.22. The summed E-state index contributed by atoms with van der Waals surface area (Å²) in [5.74, 6) is 0. The lowest BCUT2D eigenvalue weighted by Crippen LogP contribution is -1.68. The number of hydrogen-bond acceptors (Lipinski definition) is 2. The van der Waals surface area contributed by atoms with Gasteiger partial charge in [-0.15, -0.1) is 0 Å². The summed E-state index contributed by atoms with van der Waals surface area (Å²) in [7, 11) is 0. The summed E-state index contributed by atoms with van der Waals surface area (Å²) < 4.78 is 0. The molecule has 1 aromatic heterocycles. The number of diazo groups is 1. The Balaban J connectivity index is 3.12. The van der Waals surface area contributed by atoms with E-state index in [9.17, 15) is 0 Å². The second-order valence-electron chi connectivity index (χ2n) is 1.44. The van der Waals surface area contributed by atoms with Gasteiger partial charge in [0.1, 0.15) is 5.15 Å². The van der Waals surface area contributed by atoms with Crippen LogP contribution in [-0.4, -0.2) is 4.98 Å². The van der Waals surface area contributed by atoms with Crippen LogP contribution in [0.5, 0.6) is 0 Å². The minimum Gasteiger partial charge on any atom is -0.244 e. The molecular weight excluding hydrogens is 138 g/mol. The number of halogens is 1. The molecule has 4 heteroatoms. The molecule has 0 fully saturated rings. The summed E-state index contributed by atoms with van der Waals surface area (Å²) in [5, 5.41) is 8.52. The molecule has 0 unspecified atom stereocenters. The monoisotopic (exact) mass is 140 g/mol. The maximum absolute atomic E-state index is 8.20. The Morgan fingerprint density at radius 1 is 1.67 bits per heavy atom. The highest BCUT2D eigenvalue weighted by molar-refractivity contribution is 6.29. The molecule has 1 aromatic rings. The summed E-state index contributed by atoms with van der Waals surface area (Å²) in [5.41, 5.74) is 0.412. The van der Waals surface area contributed by atoms with E-state index in [1.807, 2.05) is 0 Å². The van der Waals surface area contributed by atoms with Gasteiger partial charge >= 0.3 is 5.69 Å². The summed E-state index contributed by atoms with van der Waals surface area (Å²) in [6.45, 7) is 0. The lowest BCUT2D eigenvalue weighted by molar-refractivity contribution is 1.33. The highest BCUT2D eigenvalue weighted by Crippen LogP contribution is 2.13. The molecule has 0 bridgehead atoms. The molecule has 0 aliphatic carbocycles. The Hall–Kier alpha value is -1.14. The van der Waals surface area contributed by atoms with Crippen molar-refractivity contribution in [2.24, 2.45) is 0 Å². The first-order chi connectivity index (χ1) is 4.33. The number of hydrogen-bond donors (Lipinski definition) is 0. The molecule has 0 saturated heterocycles. The van der Waals surface area contributed by atoms with E-state index in [4.69, 9.17) is 17.0 Å². The smallest absolute Gasteiger partial charge is 0.244 e. The number of nitrogens with zero attached hydrogens (tertiary/aromatic N) is 3. The van der Waals surface area contributed by atoms with Crippen molar-refractivity contribution >= 4 is 17.3 Å². The van der Waals surface area contributed by atoms with Crippen molar-refractivity contribution < 1.29 is 0 Å². The van der Waals surface area contributed by atoms with E-state index in [1.165, 1.54) is 12.3 Å². The van der Waals surface area contributed by atoms with E-state index < -0.39 is 0 Å². The molecule has 0 aliphatic heterocycles. The predicted molar refractivity (Wildman–Crippen MR) is 34.0 cm³/mol. The van der Waals surface area contributed by atoms with Gasteiger partial charge < -0.3 is 0 Å². The minimum atomic E-state index is 0.324. The largest absolute Gasteiger partial charge is 0.389 e. The molecule has 1 heterocycles. The zero-order chi connectivity index (χ0) is 6.69. The highest BCUT2D eigenvalue weighted by Gasteiger charge is 2.02. The van der Waals surface area contributed by atoms with Crippen molar-refractivity contribution in [2.45, 2.75) is 0 Å². The van der Waals surface area contributed by atoms with Gasteiger partial charge in [0, 0.05) is 6.20 Å². The van der Waals surface area contributed by atoms with E-state index in [2.05, 4.69) is 9.96 Å². The van der Waals surface area contributed by atoms with Gasteiger partial charge in [-0.2, -0.15) is 0 Å². The fraction of sp³-hybridized carbons (Fsp3) is 0. The van der Waals surface area contributed by atoms with E-state index in [0.29, 0.717) is 10.8 Å². The van der Waals surface area contributed by atoms with Crippen LogP contribution in [0.15, 0.2) is 18.3 Å². The summed E-state index contributed by atoms with van der Waals surface area (Å²) in [6, 6.07) is 3.01. The number of rotatable bonds is 0. The third-order valence-corrected chi connectivity index (χ3v) is 1.03. The summed E-state index contributed by atoms with van der Waals surface area (Å²) >= 11 is 5.44. The van der Waals surface area contributed by atoms with Gasteiger partial charge in [0.2, 0.25) is 5.39 Å². The fourth-order valence-corrected chi connectivity index (χ4v) is 0.623. The van der Waals surface area contributed by atoms with Crippen LogP contribution in [0.25, 0.3) is 4.98 Å². The zero-order valence-corrected chi connectivity index (χ0v) is 5.21. The molecule has 0 aliphatic rings. The van der Waals surface area contributed by atoms with Gasteiger partial charge in [0.05, 0.1) is 12.1 Å². The van der Waals surface area contributed by atoms with Gasteiger partial charge in [-0.25, -0.2) is 4.98 Å². The van der Waals surface area contributed by atoms with Crippen molar-refractivity contribution in [1.82, 2.24) is 4.98 Å². The second-order valence-corrected chi connectivity index (χ2v) is 1.82. The van der Waals surface area contributed by atoms with E-state index >= 15 is 0 Å². The molecule has 0 radical (unpaired) electrons. The Morgan fingerprint density at radius 2 is 2.44 bits per heavy atom. The van der Waals surface area contributed by atoms with Crippen LogP contribution in [0.3, 0.4) is 0 Å². The third kappa shape index (κ3) is 1.37. The van der Waals surface area contributed by atoms with Crippen LogP contribution >= 0.6 is 11.6 Å². The number of pyridine rings is 1. The van der Waals surface area contributed by atoms with Crippen LogP contribution in [0.2, 0.25) is 5.15 Å². The van der Waals surface area contributed by atoms with Crippen LogP contribution in [0.1, 0.15) is 0 Å². The van der Waals surface area contributed by atoms with Crippen molar-refractivity contribution in [2.75, 3.05) is 0 Å². The molecule has 0 atom stereocenters. The first kappa shape index (κ1) is 5.99. The molecule has 0 N–H and O–H groups in total. The molecule has 9 heavy (non-hydrogen) atoms. The molecule has 0 amide bonds. The topological polar surface area (TPSA) is 41.0 Å². The number of aromatic nitrogens is 1. The van der Waals surface area contributed by atoms with Crippen LogP contribution in [0.4, 0.5) is 5.69 Å². The maximum atomic E-state index is 8.20. The van der Waals surface area contributed by atoms with Crippen LogP contribution in [-0.2, 0) is 0 Å². The van der Waals surface area contributed by atoms with E-state index in [1.54, 1.807) is 6.07 Å². The Bertz CT molecular complexity index is 253. The SMILES string of the molecule is N#[N+]c1ccnc(Cl)c1. The van der Waals surface area contributed by atoms with Gasteiger partial charge in [0.25, 0.3) is 0 Å². The molecule has 0 saturated carbocycles. The molecule has 1 rings (SSSR count). The lowest BCUT2D eigenvalue weighted by atomic mass is 10.4. The standard InChI is InChI=1S/C5H3ClN3/c6-5-3-4(9-7)1-2-8-5/h1-3H/q+1. The normalized spacial score (nSPS) is 8.44. The first-order valence-electron chi connectivity index (χ1n) is 2.29. The van der Waals surface area contributed by atoms with Gasteiger partial charge in [-0.3, -0.25) is 0 Å². The molecule has 3 nitrogen and oxygen atoms in total. The molecule has 44 valence electrons. The minimum absolute atomic E-state index is 0.324. The van der Waals surface area contributed by atoms with E-state index in [0.717, 1.165) is 0 Å². The highest BCUT2D eigenvalue weighted by atomic mass is 35.5. The Kier molecular flexibility index (Phi) is 1.61. The third-order valence-electron chi connectivity index (χ3n) is 0.826. The van der Waals surface area contributed by atoms with Crippen molar-refractivity contribution in [3.05, 3.63) is 28.5 Å². The molecular formula is C5H3ClN3+. The maximum Gasteiger partial charge on any atom is 0.389 e. The summed E-state index contributed by atoms with van der Waals surface area (Å²) in [4.78, 5) is 6.59. The molecule has 0 aromatic carbocycles. The first-order valence-corrected chi connectivity index (χ1v) is 2.67. The Labute approximate surface area is 56.9 Å². The van der Waals surface area contributed by atoms with Crippen molar-refractivity contribution in [3.63, 3.8) is 0 Å². The fourth-order valence-electron chi connectivity index (χ4n) is 0.454. The van der Waals surface area contributed by atoms with Gasteiger partial charge in [-0.05, 0) is 0 Å². The quantitative estimate of drug-likeness (QED) is 0.410. The van der Waals surface area contributed by atoms with Crippen molar-refractivity contribution in [3.8, 4) is 0 Å². The van der Waals surface area contributed by atoms with Gasteiger partial charge in [-0.1, -0.05) is 11.6 Å². The lowest BCUT2D eigenvalue weighted by Gasteiger charge is -1.78.